The minimum atomic E-state index is -3.24. The van der Waals surface area contributed by atoms with Gasteiger partial charge in [0, 0.05) is 25.3 Å². The van der Waals surface area contributed by atoms with Crippen LogP contribution in [0.2, 0.25) is 0 Å². The number of sulfonamides is 1. The Hall–Kier alpha value is -1.47. The van der Waals surface area contributed by atoms with Gasteiger partial charge in [-0.1, -0.05) is 6.07 Å². The first-order valence-electron chi connectivity index (χ1n) is 6.13. The highest BCUT2D eigenvalue weighted by Gasteiger charge is 2.26. The maximum atomic E-state index is 12.2. The average molecular weight is 283 g/mol. The Morgan fingerprint density at radius 2 is 2.26 bits per heavy atom. The van der Waals surface area contributed by atoms with E-state index in [-0.39, 0.29) is 11.9 Å². The van der Waals surface area contributed by atoms with Crippen LogP contribution in [-0.4, -0.2) is 49.6 Å². The monoisotopic (exact) mass is 283 g/mol. The van der Waals surface area contributed by atoms with Crippen molar-refractivity contribution in [2.75, 3.05) is 19.3 Å². The molecule has 1 atom stereocenters. The molecule has 0 aromatic carbocycles. The van der Waals surface area contributed by atoms with Gasteiger partial charge in [0.25, 0.3) is 5.91 Å². The quantitative estimate of drug-likeness (QED) is 0.861. The summed E-state index contributed by atoms with van der Waals surface area (Å²) in [5, 5.41) is 0. The molecule has 0 unspecified atom stereocenters. The number of hydrogen-bond donors (Lipinski definition) is 1. The van der Waals surface area contributed by atoms with E-state index in [0.717, 1.165) is 19.1 Å². The molecule has 1 saturated heterocycles. The van der Waals surface area contributed by atoms with E-state index in [1.54, 1.807) is 29.3 Å². The lowest BCUT2D eigenvalue weighted by atomic mass is 10.1. The second-order valence-corrected chi connectivity index (χ2v) is 6.48. The number of carbonyl (C=O) groups is 1. The topological polar surface area (TPSA) is 79.4 Å². The molecule has 1 amide bonds. The van der Waals surface area contributed by atoms with Crippen molar-refractivity contribution < 1.29 is 13.2 Å². The van der Waals surface area contributed by atoms with Crippen LogP contribution in [0.4, 0.5) is 0 Å². The van der Waals surface area contributed by atoms with Crippen molar-refractivity contribution >= 4 is 15.9 Å². The molecule has 7 heteroatoms. The summed E-state index contributed by atoms with van der Waals surface area (Å²) in [7, 11) is -3.24. The van der Waals surface area contributed by atoms with Gasteiger partial charge in [0.05, 0.1) is 6.26 Å². The van der Waals surface area contributed by atoms with E-state index in [9.17, 15) is 13.2 Å². The number of aromatic nitrogens is 1. The zero-order valence-electron chi connectivity index (χ0n) is 10.7. The lowest BCUT2D eigenvalue weighted by Crippen LogP contribution is -2.49. The normalized spacial score (nSPS) is 20.3. The van der Waals surface area contributed by atoms with Crippen LogP contribution < -0.4 is 4.72 Å². The molecule has 0 aliphatic carbocycles. The molecule has 1 aromatic rings. The molecule has 6 nitrogen and oxygen atoms in total. The predicted octanol–water partition coefficient (Wildman–Crippen LogP) is 0.235. The molecule has 0 radical (unpaired) electrons. The van der Waals surface area contributed by atoms with Crippen LogP contribution in [0.1, 0.15) is 23.3 Å². The zero-order valence-corrected chi connectivity index (χ0v) is 11.6. The molecule has 0 bridgehead atoms. The Labute approximate surface area is 112 Å². The van der Waals surface area contributed by atoms with Crippen molar-refractivity contribution in [3.05, 3.63) is 30.1 Å². The highest BCUT2D eigenvalue weighted by atomic mass is 32.2. The summed E-state index contributed by atoms with van der Waals surface area (Å²) in [6.45, 7) is 1.03. The molecule has 1 aromatic heterocycles. The molecule has 0 saturated carbocycles. The summed E-state index contributed by atoms with van der Waals surface area (Å²) < 4.78 is 25.0. The van der Waals surface area contributed by atoms with E-state index in [2.05, 4.69) is 9.71 Å². The molecule has 0 spiro atoms. The van der Waals surface area contributed by atoms with E-state index >= 15 is 0 Å². The van der Waals surface area contributed by atoms with Gasteiger partial charge in [-0.25, -0.2) is 13.1 Å². The van der Waals surface area contributed by atoms with Gasteiger partial charge in [0.2, 0.25) is 10.0 Å². The molecule has 19 heavy (non-hydrogen) atoms. The van der Waals surface area contributed by atoms with Gasteiger partial charge in [-0.3, -0.25) is 9.78 Å². The summed E-state index contributed by atoms with van der Waals surface area (Å²) in [6, 6.07) is 4.96. The smallest absolute Gasteiger partial charge is 0.272 e. The van der Waals surface area contributed by atoms with Gasteiger partial charge in [0.15, 0.2) is 0 Å². The number of hydrogen-bond acceptors (Lipinski definition) is 4. The molecule has 1 N–H and O–H groups in total. The number of rotatable bonds is 3. The Morgan fingerprint density at radius 1 is 1.47 bits per heavy atom. The summed E-state index contributed by atoms with van der Waals surface area (Å²) in [4.78, 5) is 17.9. The van der Waals surface area contributed by atoms with E-state index in [1.165, 1.54) is 0 Å². The fourth-order valence-electron chi connectivity index (χ4n) is 2.21. The van der Waals surface area contributed by atoms with Crippen molar-refractivity contribution in [3.8, 4) is 0 Å². The van der Waals surface area contributed by atoms with Crippen molar-refractivity contribution in [2.45, 2.75) is 18.9 Å². The third-order valence-corrected chi connectivity index (χ3v) is 3.73. The largest absolute Gasteiger partial charge is 0.336 e. The highest BCUT2D eigenvalue weighted by Crippen LogP contribution is 2.13. The molecule has 1 fully saturated rings. The fraction of sp³-hybridized carbons (Fsp3) is 0.500. The lowest BCUT2D eigenvalue weighted by molar-refractivity contribution is 0.0697. The number of amides is 1. The van der Waals surface area contributed by atoms with Gasteiger partial charge in [0.1, 0.15) is 5.69 Å². The van der Waals surface area contributed by atoms with E-state index in [0.29, 0.717) is 18.8 Å². The minimum absolute atomic E-state index is 0.152. The molecule has 1 aliphatic heterocycles. The highest BCUT2D eigenvalue weighted by molar-refractivity contribution is 7.88. The van der Waals surface area contributed by atoms with Gasteiger partial charge in [-0.15, -0.1) is 0 Å². The predicted molar refractivity (Wildman–Crippen MR) is 71.1 cm³/mol. The first-order valence-corrected chi connectivity index (χ1v) is 8.02. The van der Waals surface area contributed by atoms with Gasteiger partial charge >= 0.3 is 0 Å². The second-order valence-electron chi connectivity index (χ2n) is 4.70. The van der Waals surface area contributed by atoms with Crippen LogP contribution in [0.3, 0.4) is 0 Å². The minimum Gasteiger partial charge on any atom is -0.336 e. The molecule has 104 valence electrons. The lowest BCUT2D eigenvalue weighted by Gasteiger charge is -2.32. The Balaban J connectivity index is 2.03. The Morgan fingerprint density at radius 3 is 2.89 bits per heavy atom. The maximum Gasteiger partial charge on any atom is 0.272 e. The van der Waals surface area contributed by atoms with Gasteiger partial charge in [-0.2, -0.15) is 0 Å². The van der Waals surface area contributed by atoms with Crippen LogP contribution in [0.15, 0.2) is 24.4 Å². The first kappa shape index (κ1) is 14.0. The third kappa shape index (κ3) is 4.00. The maximum absolute atomic E-state index is 12.2. The first-order chi connectivity index (χ1) is 8.96. The van der Waals surface area contributed by atoms with Crippen molar-refractivity contribution in [1.82, 2.24) is 14.6 Å². The van der Waals surface area contributed by atoms with Crippen molar-refractivity contribution in [1.29, 1.82) is 0 Å². The van der Waals surface area contributed by atoms with Crippen LogP contribution in [-0.2, 0) is 10.0 Å². The standard InChI is InChI=1S/C12H17N3O3S/c1-19(17,18)14-10-5-4-8-15(9-10)12(16)11-6-2-3-7-13-11/h2-3,6-7,10,14H,4-5,8-9H2,1H3/t10-/m1/s1. The van der Waals surface area contributed by atoms with E-state index in [4.69, 9.17) is 0 Å². The number of nitrogens with one attached hydrogen (secondary N) is 1. The zero-order chi connectivity index (χ0) is 13.9. The second kappa shape index (κ2) is 5.66. The van der Waals surface area contributed by atoms with Crippen LogP contribution >= 0.6 is 0 Å². The van der Waals surface area contributed by atoms with E-state index < -0.39 is 10.0 Å². The number of nitrogens with zero attached hydrogens (tertiary/aromatic N) is 2. The van der Waals surface area contributed by atoms with Crippen LogP contribution in [0, 0.1) is 0 Å². The number of likely N-dealkylation sites (tertiary alicyclic amines) is 1. The molecular weight excluding hydrogens is 266 g/mol. The Bertz CT molecular complexity index is 545. The van der Waals surface area contributed by atoms with Crippen LogP contribution in [0.25, 0.3) is 0 Å². The number of pyridine rings is 1. The summed E-state index contributed by atoms with van der Waals surface area (Å²) >= 11 is 0. The molecule has 2 rings (SSSR count). The Kier molecular flexibility index (Phi) is 4.16. The molecule has 1 aliphatic rings. The van der Waals surface area contributed by atoms with Crippen molar-refractivity contribution in [3.63, 3.8) is 0 Å². The van der Waals surface area contributed by atoms with Crippen LogP contribution in [0.5, 0.6) is 0 Å². The number of carbonyl (C=O) groups excluding carboxylic acids is 1. The number of piperidine rings is 1. The average Bonchev–Trinajstić information content (AvgIpc) is 2.37. The van der Waals surface area contributed by atoms with Crippen molar-refractivity contribution in [2.24, 2.45) is 0 Å². The SMILES string of the molecule is CS(=O)(=O)N[C@@H]1CCCN(C(=O)c2ccccn2)C1. The molecule has 2 heterocycles. The fourth-order valence-corrected chi connectivity index (χ4v) is 3.01. The summed E-state index contributed by atoms with van der Waals surface area (Å²) in [6.07, 6.45) is 4.24. The van der Waals surface area contributed by atoms with E-state index in [1.807, 2.05) is 0 Å². The third-order valence-electron chi connectivity index (χ3n) is 2.97. The summed E-state index contributed by atoms with van der Waals surface area (Å²) in [5.41, 5.74) is 0.391. The van der Waals surface area contributed by atoms with Gasteiger partial charge < -0.3 is 4.90 Å². The van der Waals surface area contributed by atoms with Gasteiger partial charge in [-0.05, 0) is 25.0 Å². The molecular formula is C12H17N3O3S. The summed E-state index contributed by atoms with van der Waals surface area (Å²) in [5.74, 6) is -0.152.